The van der Waals surface area contributed by atoms with Crippen molar-refractivity contribution in [2.45, 2.75) is 39.3 Å². The molecule has 108 valence electrons. The molecule has 1 N–H and O–H groups in total. The smallest absolute Gasteiger partial charge is 0.146 e. The van der Waals surface area contributed by atoms with E-state index in [0.29, 0.717) is 5.92 Å². The number of fused-ring (bicyclic) bond motifs is 1. The van der Waals surface area contributed by atoms with E-state index in [1.54, 1.807) is 11.3 Å². The van der Waals surface area contributed by atoms with Gasteiger partial charge in [0.15, 0.2) is 0 Å². The van der Waals surface area contributed by atoms with Gasteiger partial charge in [-0.3, -0.25) is 4.90 Å². The predicted octanol–water partition coefficient (Wildman–Crippen LogP) is 3.35. The summed E-state index contributed by atoms with van der Waals surface area (Å²) in [6.45, 7) is 6.55. The zero-order valence-electron chi connectivity index (χ0n) is 12.4. The lowest BCUT2D eigenvalue weighted by atomic mass is 10.2. The van der Waals surface area contributed by atoms with Crippen molar-refractivity contribution < 1.29 is 0 Å². The summed E-state index contributed by atoms with van der Waals surface area (Å²) in [6.07, 6.45) is 2.65. The van der Waals surface area contributed by atoms with E-state index in [4.69, 9.17) is 9.97 Å². The maximum Gasteiger partial charge on any atom is 0.146 e. The standard InChI is InChI=1S/C15H22N4S/c1-10(2)8-19(11-4-5-11)9-13-17-14(16-3)12-6-7-20-15(12)18-13/h6-7,10-11H,4-5,8-9H2,1-3H3,(H,16,17,18). The molecular weight excluding hydrogens is 268 g/mol. The third-order valence-corrected chi connectivity index (χ3v) is 4.42. The number of aromatic nitrogens is 2. The van der Waals surface area contributed by atoms with Crippen LogP contribution in [0.15, 0.2) is 11.4 Å². The van der Waals surface area contributed by atoms with E-state index < -0.39 is 0 Å². The van der Waals surface area contributed by atoms with Crippen LogP contribution >= 0.6 is 11.3 Å². The lowest BCUT2D eigenvalue weighted by molar-refractivity contribution is 0.221. The molecule has 0 aliphatic heterocycles. The highest BCUT2D eigenvalue weighted by molar-refractivity contribution is 7.16. The molecule has 0 aromatic carbocycles. The third-order valence-electron chi connectivity index (χ3n) is 3.62. The summed E-state index contributed by atoms with van der Waals surface area (Å²) < 4.78 is 0. The second-order valence-corrected chi connectivity index (χ2v) is 6.83. The van der Waals surface area contributed by atoms with Gasteiger partial charge in [0.1, 0.15) is 16.5 Å². The molecule has 0 atom stereocenters. The Labute approximate surface area is 124 Å². The summed E-state index contributed by atoms with van der Waals surface area (Å²) >= 11 is 1.69. The summed E-state index contributed by atoms with van der Waals surface area (Å²) in [5, 5.41) is 6.40. The van der Waals surface area contributed by atoms with Crippen LogP contribution in [0, 0.1) is 5.92 Å². The fraction of sp³-hybridized carbons (Fsp3) is 0.600. The minimum Gasteiger partial charge on any atom is -0.372 e. The summed E-state index contributed by atoms with van der Waals surface area (Å²) in [7, 11) is 1.93. The monoisotopic (exact) mass is 290 g/mol. The molecule has 2 aromatic heterocycles. The Morgan fingerprint density at radius 2 is 2.20 bits per heavy atom. The normalized spacial score (nSPS) is 15.4. The van der Waals surface area contributed by atoms with Gasteiger partial charge >= 0.3 is 0 Å². The summed E-state index contributed by atoms with van der Waals surface area (Å²) in [5.74, 6) is 2.58. The largest absolute Gasteiger partial charge is 0.372 e. The van der Waals surface area contributed by atoms with Gasteiger partial charge in [-0.05, 0) is 30.2 Å². The molecule has 1 saturated carbocycles. The van der Waals surface area contributed by atoms with E-state index in [1.807, 2.05) is 7.05 Å². The fourth-order valence-electron chi connectivity index (χ4n) is 2.59. The van der Waals surface area contributed by atoms with E-state index >= 15 is 0 Å². The molecule has 0 bridgehead atoms. The van der Waals surface area contributed by atoms with Crippen LogP contribution in [0.1, 0.15) is 32.5 Å². The van der Waals surface area contributed by atoms with E-state index in [2.05, 4.69) is 35.5 Å². The number of nitrogens with one attached hydrogen (secondary N) is 1. The predicted molar refractivity (Wildman–Crippen MR) is 85.2 cm³/mol. The topological polar surface area (TPSA) is 41.1 Å². The first-order chi connectivity index (χ1) is 9.67. The minimum atomic E-state index is 0.685. The van der Waals surface area contributed by atoms with Gasteiger partial charge in [-0.15, -0.1) is 11.3 Å². The Morgan fingerprint density at radius 3 is 2.85 bits per heavy atom. The van der Waals surface area contributed by atoms with Crippen LogP contribution in [0.3, 0.4) is 0 Å². The quantitative estimate of drug-likeness (QED) is 0.886. The molecule has 20 heavy (non-hydrogen) atoms. The van der Waals surface area contributed by atoms with Crippen molar-refractivity contribution in [2.75, 3.05) is 18.9 Å². The highest BCUT2D eigenvalue weighted by Gasteiger charge is 2.30. The van der Waals surface area contributed by atoms with Crippen molar-refractivity contribution in [2.24, 2.45) is 5.92 Å². The fourth-order valence-corrected chi connectivity index (χ4v) is 3.38. The van der Waals surface area contributed by atoms with Gasteiger partial charge in [-0.1, -0.05) is 13.8 Å². The molecule has 2 heterocycles. The Kier molecular flexibility index (Phi) is 3.89. The molecule has 0 saturated heterocycles. The first-order valence-corrected chi connectivity index (χ1v) is 8.21. The van der Waals surface area contributed by atoms with Crippen molar-refractivity contribution in [3.05, 3.63) is 17.3 Å². The van der Waals surface area contributed by atoms with Crippen LogP contribution in [-0.4, -0.2) is 34.5 Å². The molecule has 0 radical (unpaired) electrons. The Balaban J connectivity index is 1.85. The highest BCUT2D eigenvalue weighted by Crippen LogP contribution is 2.30. The third kappa shape index (κ3) is 2.94. The van der Waals surface area contributed by atoms with E-state index in [-0.39, 0.29) is 0 Å². The van der Waals surface area contributed by atoms with Gasteiger partial charge in [0, 0.05) is 19.6 Å². The first-order valence-electron chi connectivity index (χ1n) is 7.33. The molecule has 3 rings (SSSR count). The van der Waals surface area contributed by atoms with Gasteiger partial charge in [0.05, 0.1) is 11.9 Å². The van der Waals surface area contributed by atoms with Crippen molar-refractivity contribution >= 4 is 27.4 Å². The van der Waals surface area contributed by atoms with Crippen LogP contribution in [0.4, 0.5) is 5.82 Å². The maximum absolute atomic E-state index is 4.73. The second kappa shape index (κ2) is 5.66. The lowest BCUT2D eigenvalue weighted by Crippen LogP contribution is -2.30. The molecule has 5 heteroatoms. The SMILES string of the molecule is CNc1nc(CN(CC(C)C)C2CC2)nc2sccc12. The number of rotatable bonds is 6. The van der Waals surface area contributed by atoms with Gasteiger partial charge in [-0.2, -0.15) is 0 Å². The lowest BCUT2D eigenvalue weighted by Gasteiger charge is -2.23. The second-order valence-electron chi connectivity index (χ2n) is 5.93. The molecule has 1 aliphatic rings. The van der Waals surface area contributed by atoms with E-state index in [1.165, 1.54) is 12.8 Å². The van der Waals surface area contributed by atoms with Gasteiger partial charge in [-0.25, -0.2) is 9.97 Å². The van der Waals surface area contributed by atoms with Crippen LogP contribution in [0.5, 0.6) is 0 Å². The van der Waals surface area contributed by atoms with Crippen molar-refractivity contribution in [3.8, 4) is 0 Å². The zero-order valence-corrected chi connectivity index (χ0v) is 13.2. The number of hydrogen-bond donors (Lipinski definition) is 1. The van der Waals surface area contributed by atoms with Crippen LogP contribution < -0.4 is 5.32 Å². The van der Waals surface area contributed by atoms with Gasteiger partial charge < -0.3 is 5.32 Å². The summed E-state index contributed by atoms with van der Waals surface area (Å²) in [6, 6.07) is 2.83. The molecule has 2 aromatic rings. The van der Waals surface area contributed by atoms with Crippen LogP contribution in [-0.2, 0) is 6.54 Å². The first kappa shape index (κ1) is 13.8. The average molecular weight is 290 g/mol. The molecule has 0 unspecified atom stereocenters. The van der Waals surface area contributed by atoms with Crippen molar-refractivity contribution in [3.63, 3.8) is 0 Å². The van der Waals surface area contributed by atoms with Gasteiger partial charge in [0.2, 0.25) is 0 Å². The van der Waals surface area contributed by atoms with Crippen LogP contribution in [0.25, 0.3) is 10.2 Å². The van der Waals surface area contributed by atoms with Crippen molar-refractivity contribution in [1.82, 2.24) is 14.9 Å². The van der Waals surface area contributed by atoms with E-state index in [9.17, 15) is 0 Å². The Bertz CT molecular complexity index is 589. The van der Waals surface area contributed by atoms with Crippen molar-refractivity contribution in [1.29, 1.82) is 0 Å². The minimum absolute atomic E-state index is 0.685. The number of anilines is 1. The van der Waals surface area contributed by atoms with Crippen LogP contribution in [0.2, 0.25) is 0 Å². The Morgan fingerprint density at radius 1 is 1.40 bits per heavy atom. The molecule has 0 spiro atoms. The number of nitrogens with zero attached hydrogens (tertiary/aromatic N) is 3. The molecule has 1 aliphatic carbocycles. The zero-order chi connectivity index (χ0) is 14.1. The maximum atomic E-state index is 4.73. The summed E-state index contributed by atoms with van der Waals surface area (Å²) in [5.41, 5.74) is 0. The van der Waals surface area contributed by atoms with Gasteiger partial charge in [0.25, 0.3) is 0 Å². The molecular formula is C15H22N4S. The Hall–Kier alpha value is -1.20. The number of thiophene rings is 1. The molecule has 4 nitrogen and oxygen atoms in total. The van der Waals surface area contributed by atoms with E-state index in [0.717, 1.165) is 41.0 Å². The highest BCUT2D eigenvalue weighted by atomic mass is 32.1. The molecule has 1 fully saturated rings. The number of hydrogen-bond acceptors (Lipinski definition) is 5. The average Bonchev–Trinajstić information content (AvgIpc) is 3.15. The molecule has 0 amide bonds. The summed E-state index contributed by atoms with van der Waals surface area (Å²) in [4.78, 5) is 13.0.